The largest absolute Gasteiger partial charge is 0.465 e. The van der Waals surface area contributed by atoms with Gasteiger partial charge in [0.2, 0.25) is 0 Å². The molecule has 0 fully saturated rings. The number of hydrogen-bond acceptors (Lipinski definition) is 6. The van der Waals surface area contributed by atoms with Crippen LogP contribution in [0.25, 0.3) is 0 Å². The number of fused-ring (bicyclic) bond motifs is 1. The summed E-state index contributed by atoms with van der Waals surface area (Å²) in [5.74, 6) is -1.10. The molecule has 2 heterocycles. The van der Waals surface area contributed by atoms with E-state index in [2.05, 4.69) is 10.1 Å². The molecule has 2 atom stereocenters. The van der Waals surface area contributed by atoms with Gasteiger partial charge in [-0.1, -0.05) is 43.1 Å². The lowest BCUT2D eigenvalue weighted by atomic mass is 9.76. The third kappa shape index (κ3) is 4.98. The number of rotatable bonds is 5. The highest BCUT2D eigenvalue weighted by Crippen LogP contribution is 2.45. The van der Waals surface area contributed by atoms with Crippen LogP contribution in [0.3, 0.4) is 0 Å². The quantitative estimate of drug-likeness (QED) is 0.566. The van der Waals surface area contributed by atoms with Gasteiger partial charge in [-0.2, -0.15) is 4.68 Å². The average molecular weight is 446 g/mol. The van der Waals surface area contributed by atoms with Crippen molar-refractivity contribution in [1.82, 2.24) is 9.78 Å². The van der Waals surface area contributed by atoms with Crippen molar-refractivity contribution in [2.75, 3.05) is 6.61 Å². The summed E-state index contributed by atoms with van der Waals surface area (Å²) in [5, 5.41) is 4.90. The van der Waals surface area contributed by atoms with Crippen LogP contribution in [0.1, 0.15) is 64.5 Å². The van der Waals surface area contributed by atoms with Gasteiger partial charge in [0, 0.05) is 28.4 Å². The zero-order chi connectivity index (χ0) is 22.8. The number of hydrogen-bond donors (Lipinski definition) is 0. The molecule has 3 rings (SSSR count). The topological polar surface area (TPSA) is 82.8 Å². The van der Waals surface area contributed by atoms with E-state index in [1.165, 1.54) is 0 Å². The van der Waals surface area contributed by atoms with Crippen LogP contribution in [-0.2, 0) is 14.3 Å². The first-order chi connectivity index (χ1) is 14.7. The molecule has 166 valence electrons. The number of esters is 1. The van der Waals surface area contributed by atoms with E-state index in [1.54, 1.807) is 40.0 Å². The zero-order valence-corrected chi connectivity index (χ0v) is 19.3. The minimum atomic E-state index is -0.671. The van der Waals surface area contributed by atoms with Crippen LogP contribution in [0.4, 0.5) is 10.6 Å². The van der Waals surface area contributed by atoms with Crippen molar-refractivity contribution in [3.8, 4) is 0 Å². The fraction of sp³-hybridized carbons (Fsp3) is 0.478. The van der Waals surface area contributed by atoms with Gasteiger partial charge >= 0.3 is 12.1 Å². The molecule has 0 N–H and O–H groups in total. The van der Waals surface area contributed by atoms with Gasteiger partial charge in [0.15, 0.2) is 5.82 Å². The van der Waals surface area contributed by atoms with Crippen molar-refractivity contribution in [1.29, 1.82) is 0 Å². The molecule has 31 heavy (non-hydrogen) atoms. The van der Waals surface area contributed by atoms with Crippen LogP contribution in [0.15, 0.2) is 35.5 Å². The number of carbonyl (C=O) groups is 2. The Bertz CT molecular complexity index is 1010. The monoisotopic (exact) mass is 445 g/mol. The lowest BCUT2D eigenvalue weighted by molar-refractivity contribution is -0.146. The van der Waals surface area contributed by atoms with E-state index in [1.807, 2.05) is 25.1 Å². The Hall–Kier alpha value is -2.67. The van der Waals surface area contributed by atoms with E-state index < -0.39 is 23.5 Å². The number of ether oxygens (including phenoxy) is 2. The maximum absolute atomic E-state index is 13.1. The van der Waals surface area contributed by atoms with Crippen molar-refractivity contribution in [2.24, 2.45) is 10.9 Å². The van der Waals surface area contributed by atoms with Crippen molar-refractivity contribution in [3.05, 3.63) is 46.6 Å². The molecule has 0 bridgehead atoms. The number of aromatic nitrogens is 2. The Balaban J connectivity index is 2.17. The van der Waals surface area contributed by atoms with Crippen molar-refractivity contribution >= 4 is 35.2 Å². The molecule has 1 aliphatic rings. The number of nitrogens with zero attached hydrogens (tertiary/aromatic N) is 3. The summed E-state index contributed by atoms with van der Waals surface area (Å²) in [6.07, 6.45) is 2.37. The van der Waals surface area contributed by atoms with Crippen LogP contribution < -0.4 is 0 Å². The Morgan fingerprint density at radius 3 is 2.48 bits per heavy atom. The van der Waals surface area contributed by atoms with Crippen molar-refractivity contribution in [2.45, 2.75) is 59.0 Å². The number of benzene rings is 1. The van der Waals surface area contributed by atoms with E-state index in [0.717, 1.165) is 16.7 Å². The van der Waals surface area contributed by atoms with Crippen LogP contribution in [-0.4, -0.2) is 39.8 Å². The summed E-state index contributed by atoms with van der Waals surface area (Å²) in [7, 11) is 0. The van der Waals surface area contributed by atoms with Gasteiger partial charge in [-0.3, -0.25) is 4.79 Å². The molecule has 0 spiro atoms. The van der Waals surface area contributed by atoms with Gasteiger partial charge in [0.1, 0.15) is 11.5 Å². The van der Waals surface area contributed by atoms with E-state index >= 15 is 0 Å². The van der Waals surface area contributed by atoms with E-state index in [9.17, 15) is 9.59 Å². The molecular weight excluding hydrogens is 418 g/mol. The minimum absolute atomic E-state index is 0.258. The van der Waals surface area contributed by atoms with Crippen molar-refractivity contribution < 1.29 is 19.1 Å². The summed E-state index contributed by atoms with van der Waals surface area (Å²) < 4.78 is 12.0. The highest BCUT2D eigenvalue weighted by atomic mass is 35.5. The van der Waals surface area contributed by atoms with Crippen LogP contribution >= 0.6 is 11.6 Å². The van der Waals surface area contributed by atoms with Gasteiger partial charge in [-0.05, 0) is 45.7 Å². The molecule has 2 aromatic rings. The second-order valence-electron chi connectivity index (χ2n) is 8.42. The molecule has 0 aliphatic carbocycles. The van der Waals surface area contributed by atoms with Crippen LogP contribution in [0.5, 0.6) is 0 Å². The first kappa shape index (κ1) is 23.0. The third-order valence-electron chi connectivity index (χ3n) is 4.87. The molecule has 8 heteroatoms. The van der Waals surface area contributed by atoms with Gasteiger partial charge in [0.05, 0.1) is 6.61 Å². The van der Waals surface area contributed by atoms with Crippen molar-refractivity contribution in [3.63, 3.8) is 0 Å². The molecule has 1 aromatic carbocycles. The first-order valence-electron chi connectivity index (χ1n) is 10.5. The molecule has 1 aromatic heterocycles. The molecule has 0 saturated heterocycles. The predicted molar refractivity (Wildman–Crippen MR) is 119 cm³/mol. The number of aliphatic imine (C=N–C) groups is 1. The average Bonchev–Trinajstić information content (AvgIpc) is 3.11. The fourth-order valence-corrected chi connectivity index (χ4v) is 3.96. The lowest BCUT2D eigenvalue weighted by Crippen LogP contribution is -2.34. The number of carbonyl (C=O) groups excluding carboxylic acids is 2. The Kier molecular flexibility index (Phi) is 6.84. The van der Waals surface area contributed by atoms with E-state index in [-0.39, 0.29) is 12.6 Å². The predicted octanol–water partition coefficient (Wildman–Crippen LogP) is 5.52. The van der Waals surface area contributed by atoms with Gasteiger partial charge < -0.3 is 9.47 Å². The van der Waals surface area contributed by atoms with E-state index in [4.69, 9.17) is 21.1 Å². The second-order valence-corrected chi connectivity index (χ2v) is 8.82. The maximum atomic E-state index is 13.1. The SMILES string of the molecule is CCCC1=Nc2nn(C(=O)OC(C)(C)C)cc2C(c2ccccc2Cl)C1C(=O)OCC. The Labute approximate surface area is 187 Å². The van der Waals surface area contributed by atoms with Gasteiger partial charge in [-0.25, -0.2) is 9.79 Å². The molecule has 0 radical (unpaired) electrons. The highest BCUT2D eigenvalue weighted by Gasteiger charge is 2.42. The summed E-state index contributed by atoms with van der Waals surface area (Å²) >= 11 is 6.54. The molecule has 1 aliphatic heterocycles. The van der Waals surface area contributed by atoms with E-state index in [0.29, 0.717) is 28.5 Å². The smallest absolute Gasteiger partial charge is 0.435 e. The molecule has 0 saturated carbocycles. The summed E-state index contributed by atoms with van der Waals surface area (Å²) in [6, 6.07) is 7.36. The van der Waals surface area contributed by atoms with Gasteiger partial charge in [0.25, 0.3) is 0 Å². The fourth-order valence-electron chi connectivity index (χ4n) is 3.71. The highest BCUT2D eigenvalue weighted by molar-refractivity contribution is 6.31. The Morgan fingerprint density at radius 2 is 1.87 bits per heavy atom. The second kappa shape index (κ2) is 9.22. The summed E-state index contributed by atoms with van der Waals surface area (Å²) in [5.41, 5.74) is 1.40. The molecule has 0 amide bonds. The molecule has 2 unspecified atom stereocenters. The lowest BCUT2D eigenvalue weighted by Gasteiger charge is -2.30. The molecular formula is C23H28ClN3O4. The Morgan fingerprint density at radius 1 is 1.16 bits per heavy atom. The first-order valence-corrected chi connectivity index (χ1v) is 10.9. The number of halogens is 1. The summed E-state index contributed by atoms with van der Waals surface area (Å²) in [4.78, 5) is 30.3. The minimum Gasteiger partial charge on any atom is -0.465 e. The molecule has 7 nitrogen and oxygen atoms in total. The summed E-state index contributed by atoms with van der Waals surface area (Å²) in [6.45, 7) is 9.41. The normalized spacial score (nSPS) is 18.2. The third-order valence-corrected chi connectivity index (χ3v) is 5.21. The van der Waals surface area contributed by atoms with Gasteiger partial charge in [-0.15, -0.1) is 5.10 Å². The standard InChI is InChI=1S/C23H28ClN3O4/c1-6-10-17-19(21(28)30-7-2)18(14-11-8-9-12-16(14)24)15-13-27(26-20(15)25-17)22(29)31-23(3,4)5/h8-9,11-13,18-19H,6-7,10H2,1-5H3. The zero-order valence-electron chi connectivity index (χ0n) is 18.5. The van der Waals surface area contributed by atoms with Crippen LogP contribution in [0, 0.1) is 5.92 Å². The maximum Gasteiger partial charge on any atom is 0.435 e. The van der Waals surface area contributed by atoms with Crippen LogP contribution in [0.2, 0.25) is 5.02 Å².